The molecule has 1 aliphatic rings. The van der Waals surface area contributed by atoms with E-state index in [4.69, 9.17) is 4.74 Å². The number of methoxy groups -OCH3 is 1. The number of rotatable bonds is 7. The monoisotopic (exact) mass is 356 g/mol. The van der Waals surface area contributed by atoms with Gasteiger partial charge in [-0.15, -0.1) is 0 Å². The minimum absolute atomic E-state index is 0.178. The Bertz CT molecular complexity index is 736. The molecule has 0 bridgehead atoms. The van der Waals surface area contributed by atoms with E-state index in [2.05, 4.69) is 5.32 Å². The number of amides is 1. The van der Waals surface area contributed by atoms with Gasteiger partial charge in [0.25, 0.3) is 0 Å². The zero-order valence-electron chi connectivity index (χ0n) is 15.1. The summed E-state index contributed by atoms with van der Waals surface area (Å²) in [6.07, 6.45) is 1.43. The molecule has 1 atom stereocenters. The average Bonchev–Trinajstić information content (AvgIpc) is 3.13. The van der Waals surface area contributed by atoms with E-state index in [9.17, 15) is 9.18 Å². The lowest BCUT2D eigenvalue weighted by atomic mass is 10.1. The molecule has 2 aromatic rings. The summed E-state index contributed by atoms with van der Waals surface area (Å²) >= 11 is 0. The summed E-state index contributed by atoms with van der Waals surface area (Å²) in [7, 11) is 1.47. The lowest BCUT2D eigenvalue weighted by molar-refractivity contribution is -0.129. The molecule has 1 aliphatic heterocycles. The first-order valence-corrected chi connectivity index (χ1v) is 9.01. The van der Waals surface area contributed by atoms with Crippen LogP contribution in [0.15, 0.2) is 48.5 Å². The van der Waals surface area contributed by atoms with E-state index in [0.29, 0.717) is 24.4 Å². The van der Waals surface area contributed by atoms with Crippen LogP contribution in [0.4, 0.5) is 4.39 Å². The van der Waals surface area contributed by atoms with Gasteiger partial charge in [-0.3, -0.25) is 4.79 Å². The van der Waals surface area contributed by atoms with Gasteiger partial charge in [0.1, 0.15) is 0 Å². The molecule has 1 N–H and O–H groups in total. The molecule has 3 rings (SSSR count). The first-order chi connectivity index (χ1) is 12.7. The van der Waals surface area contributed by atoms with Crippen molar-refractivity contribution in [1.82, 2.24) is 10.2 Å². The molecule has 1 unspecified atom stereocenters. The van der Waals surface area contributed by atoms with Gasteiger partial charge in [-0.1, -0.05) is 42.5 Å². The van der Waals surface area contributed by atoms with Crippen LogP contribution < -0.4 is 10.1 Å². The number of benzene rings is 2. The molecular formula is C21H25FN2O2. The lowest BCUT2D eigenvalue weighted by Gasteiger charge is -2.17. The Balaban J connectivity index is 1.44. The Morgan fingerprint density at radius 2 is 2.04 bits per heavy atom. The number of ether oxygens (including phenoxy) is 1. The second-order valence-corrected chi connectivity index (χ2v) is 6.72. The summed E-state index contributed by atoms with van der Waals surface area (Å²) in [4.78, 5) is 14.3. The van der Waals surface area contributed by atoms with E-state index in [1.54, 1.807) is 18.2 Å². The maximum atomic E-state index is 14.1. The second kappa shape index (κ2) is 8.81. The van der Waals surface area contributed by atoms with Crippen LogP contribution in [0.1, 0.15) is 17.5 Å². The van der Waals surface area contributed by atoms with Crippen molar-refractivity contribution < 1.29 is 13.9 Å². The number of carbonyl (C=O) groups excluding carboxylic acids is 1. The summed E-state index contributed by atoms with van der Waals surface area (Å²) in [6, 6.07) is 15.0. The van der Waals surface area contributed by atoms with Crippen LogP contribution in [0, 0.1) is 11.7 Å². The van der Waals surface area contributed by atoms with E-state index in [1.807, 2.05) is 35.2 Å². The highest BCUT2D eigenvalue weighted by atomic mass is 19.1. The summed E-state index contributed by atoms with van der Waals surface area (Å²) in [6.45, 7) is 2.79. The van der Waals surface area contributed by atoms with E-state index < -0.39 is 0 Å². The van der Waals surface area contributed by atoms with Crippen molar-refractivity contribution in [2.24, 2.45) is 5.92 Å². The third-order valence-corrected chi connectivity index (χ3v) is 4.85. The number of halogens is 1. The van der Waals surface area contributed by atoms with Crippen molar-refractivity contribution in [1.29, 1.82) is 0 Å². The molecule has 4 nitrogen and oxygen atoms in total. The van der Waals surface area contributed by atoms with Gasteiger partial charge in [0.2, 0.25) is 5.91 Å². The van der Waals surface area contributed by atoms with Crippen molar-refractivity contribution in [2.45, 2.75) is 19.4 Å². The zero-order valence-corrected chi connectivity index (χ0v) is 15.1. The maximum absolute atomic E-state index is 14.1. The zero-order chi connectivity index (χ0) is 18.4. The van der Waals surface area contributed by atoms with Crippen LogP contribution in [0.5, 0.6) is 5.75 Å². The quantitative estimate of drug-likeness (QED) is 0.829. The van der Waals surface area contributed by atoms with Crippen molar-refractivity contribution >= 4 is 5.91 Å². The number of nitrogens with zero attached hydrogens (tertiary/aromatic N) is 1. The highest BCUT2D eigenvalue weighted by Gasteiger charge is 2.25. The summed E-state index contributed by atoms with van der Waals surface area (Å²) in [5, 5.41) is 3.31. The molecule has 0 spiro atoms. The largest absolute Gasteiger partial charge is 0.494 e. The lowest BCUT2D eigenvalue weighted by Crippen LogP contribution is -2.32. The van der Waals surface area contributed by atoms with E-state index in [0.717, 1.165) is 31.6 Å². The molecular weight excluding hydrogens is 331 g/mol. The van der Waals surface area contributed by atoms with Crippen LogP contribution in [0.25, 0.3) is 0 Å². The summed E-state index contributed by atoms with van der Waals surface area (Å²) in [5.41, 5.74) is 1.65. The fourth-order valence-electron chi connectivity index (χ4n) is 3.37. The molecule has 26 heavy (non-hydrogen) atoms. The molecule has 1 fully saturated rings. The van der Waals surface area contributed by atoms with Gasteiger partial charge < -0.3 is 15.0 Å². The smallest absolute Gasteiger partial charge is 0.226 e. The van der Waals surface area contributed by atoms with Crippen LogP contribution in [0.3, 0.4) is 0 Å². The molecule has 1 saturated heterocycles. The number of hydrogen-bond acceptors (Lipinski definition) is 3. The van der Waals surface area contributed by atoms with Crippen LogP contribution in [-0.2, 0) is 17.8 Å². The van der Waals surface area contributed by atoms with Crippen LogP contribution in [-0.4, -0.2) is 37.6 Å². The molecule has 1 amide bonds. The molecule has 0 radical (unpaired) electrons. The number of nitrogens with one attached hydrogen (secondary N) is 1. The Kier molecular flexibility index (Phi) is 6.23. The van der Waals surface area contributed by atoms with Gasteiger partial charge in [0.05, 0.1) is 13.5 Å². The predicted molar refractivity (Wildman–Crippen MR) is 99.5 cm³/mol. The van der Waals surface area contributed by atoms with Crippen molar-refractivity contribution in [3.8, 4) is 5.75 Å². The Morgan fingerprint density at radius 1 is 1.23 bits per heavy atom. The minimum Gasteiger partial charge on any atom is -0.494 e. The molecule has 5 heteroatoms. The Hall–Kier alpha value is -2.40. The normalized spacial score (nSPS) is 16.7. The molecule has 0 aromatic heterocycles. The third-order valence-electron chi connectivity index (χ3n) is 4.85. The van der Waals surface area contributed by atoms with Gasteiger partial charge in [-0.25, -0.2) is 4.39 Å². The second-order valence-electron chi connectivity index (χ2n) is 6.72. The first kappa shape index (κ1) is 18.4. The van der Waals surface area contributed by atoms with Gasteiger partial charge in [-0.2, -0.15) is 0 Å². The van der Waals surface area contributed by atoms with Crippen molar-refractivity contribution in [3.63, 3.8) is 0 Å². The maximum Gasteiger partial charge on any atom is 0.226 e. The first-order valence-electron chi connectivity index (χ1n) is 9.01. The Morgan fingerprint density at radius 3 is 2.81 bits per heavy atom. The Labute approximate surface area is 154 Å². The highest BCUT2D eigenvalue weighted by Crippen LogP contribution is 2.20. The molecule has 0 saturated carbocycles. The third kappa shape index (κ3) is 4.61. The number of hydrogen-bond donors (Lipinski definition) is 1. The van der Waals surface area contributed by atoms with Gasteiger partial charge in [0, 0.05) is 31.7 Å². The van der Waals surface area contributed by atoms with E-state index in [1.165, 1.54) is 7.11 Å². The molecule has 1 heterocycles. The number of likely N-dealkylation sites (tertiary alicyclic amines) is 1. The topological polar surface area (TPSA) is 41.6 Å². The van der Waals surface area contributed by atoms with Crippen LogP contribution in [0.2, 0.25) is 0 Å². The fraction of sp³-hybridized carbons (Fsp3) is 0.381. The standard InChI is InChI=1S/C21H25FN2O2/c1-26-19-9-5-8-18(21(19)22)14-23-13-17-10-11-24(15-17)20(25)12-16-6-3-2-4-7-16/h2-9,17,23H,10-15H2,1H3. The molecule has 2 aromatic carbocycles. The van der Waals surface area contributed by atoms with E-state index in [-0.39, 0.29) is 17.5 Å². The highest BCUT2D eigenvalue weighted by molar-refractivity contribution is 5.79. The fourth-order valence-corrected chi connectivity index (χ4v) is 3.37. The minimum atomic E-state index is -0.311. The summed E-state index contributed by atoms with van der Waals surface area (Å²) in [5.74, 6) is 0.539. The van der Waals surface area contributed by atoms with E-state index >= 15 is 0 Å². The summed E-state index contributed by atoms with van der Waals surface area (Å²) < 4.78 is 19.1. The van der Waals surface area contributed by atoms with Crippen LogP contribution >= 0.6 is 0 Å². The average molecular weight is 356 g/mol. The van der Waals surface area contributed by atoms with Gasteiger partial charge in [0.15, 0.2) is 11.6 Å². The van der Waals surface area contributed by atoms with Gasteiger partial charge >= 0.3 is 0 Å². The van der Waals surface area contributed by atoms with Gasteiger partial charge in [-0.05, 0) is 24.0 Å². The molecule has 0 aliphatic carbocycles. The van der Waals surface area contributed by atoms with Crippen molar-refractivity contribution in [3.05, 3.63) is 65.5 Å². The number of carbonyl (C=O) groups is 1. The van der Waals surface area contributed by atoms with Crippen molar-refractivity contribution in [2.75, 3.05) is 26.7 Å². The molecule has 138 valence electrons. The SMILES string of the molecule is COc1cccc(CNCC2CCN(C(=O)Cc3ccccc3)C2)c1F. The predicted octanol–water partition coefficient (Wildman–Crippen LogP) is 3.02.